The van der Waals surface area contributed by atoms with E-state index in [1.165, 1.54) is 21.4 Å². The fourth-order valence-electron chi connectivity index (χ4n) is 1.95. The van der Waals surface area contributed by atoms with Gasteiger partial charge in [0.2, 0.25) is 0 Å². The van der Waals surface area contributed by atoms with Gasteiger partial charge in [-0.25, -0.2) is 0 Å². The summed E-state index contributed by atoms with van der Waals surface area (Å²) in [5, 5.41) is 5.30. The quantitative estimate of drug-likeness (QED) is 0.461. The van der Waals surface area contributed by atoms with E-state index in [0.29, 0.717) is 0 Å². The van der Waals surface area contributed by atoms with Crippen LogP contribution in [0, 0.1) is 0 Å². The molecule has 1 heteroatoms. The molecule has 0 aliphatic rings. The van der Waals surface area contributed by atoms with Crippen LogP contribution in [0.2, 0.25) is 0 Å². The average Bonchev–Trinajstić information content (AvgIpc) is 2.29. The van der Waals surface area contributed by atoms with Gasteiger partial charge in [-0.1, -0.05) is 0 Å². The van der Waals surface area contributed by atoms with Crippen molar-refractivity contribution in [2.24, 2.45) is 0 Å². The third kappa shape index (κ3) is 1.06. The second kappa shape index (κ2) is 2.95. The molecular formula is C13H9B. The van der Waals surface area contributed by atoms with Gasteiger partial charge in [-0.2, -0.15) is 0 Å². The predicted molar refractivity (Wildman–Crippen MR) is 62.8 cm³/mol. The van der Waals surface area contributed by atoms with Crippen LogP contribution in [0.3, 0.4) is 0 Å². The molecule has 3 rings (SSSR count). The SMILES string of the molecule is b1cccc2ccc3ccccc3c12. The van der Waals surface area contributed by atoms with E-state index >= 15 is 0 Å². The molecule has 0 N–H and O–H groups in total. The standard InChI is InChI=1S/C13H9B/c1-2-6-12-10(4-1)7-8-11-5-3-9-14-13(11)12/h1-9H. The average molecular weight is 176 g/mol. The molecule has 0 aliphatic heterocycles. The first kappa shape index (κ1) is 7.75. The maximum atomic E-state index is 2.18. The van der Waals surface area contributed by atoms with Crippen LogP contribution in [-0.2, 0) is 0 Å². The van der Waals surface area contributed by atoms with Crippen molar-refractivity contribution in [1.82, 2.24) is 0 Å². The maximum absolute atomic E-state index is 2.18. The van der Waals surface area contributed by atoms with Gasteiger partial charge in [-0.05, 0) is 0 Å². The summed E-state index contributed by atoms with van der Waals surface area (Å²) in [5.74, 6) is 2.09. The first-order chi connectivity index (χ1) is 6.95. The Labute approximate surface area is 83.4 Å². The Kier molecular flexibility index (Phi) is 1.63. The molecule has 0 spiro atoms. The van der Waals surface area contributed by atoms with E-state index in [2.05, 4.69) is 61.4 Å². The Balaban J connectivity index is 2.61. The molecule has 3 aromatic rings. The summed E-state index contributed by atoms with van der Waals surface area (Å²) in [6, 6.07) is 17.1. The zero-order chi connectivity index (χ0) is 9.38. The van der Waals surface area contributed by atoms with Gasteiger partial charge >= 0.3 is 82.8 Å². The minimum absolute atomic E-state index is 1.31. The topological polar surface area (TPSA) is 0 Å². The van der Waals surface area contributed by atoms with Crippen molar-refractivity contribution in [1.29, 1.82) is 0 Å². The Hall–Kier alpha value is -1.63. The summed E-state index contributed by atoms with van der Waals surface area (Å²) in [7, 11) is 0. The van der Waals surface area contributed by atoms with Crippen molar-refractivity contribution in [3.8, 4) is 0 Å². The summed E-state index contributed by atoms with van der Waals surface area (Å²) >= 11 is 0. The van der Waals surface area contributed by atoms with E-state index in [-0.39, 0.29) is 0 Å². The molecule has 64 valence electrons. The van der Waals surface area contributed by atoms with Crippen LogP contribution in [0.1, 0.15) is 0 Å². The monoisotopic (exact) mass is 176 g/mol. The van der Waals surface area contributed by atoms with Crippen molar-refractivity contribution in [3.05, 3.63) is 54.5 Å². The normalized spacial score (nSPS) is 10.6. The number of benzene rings is 2. The molecule has 2 aromatic carbocycles. The molecule has 0 nitrogen and oxygen atoms in total. The summed E-state index contributed by atoms with van der Waals surface area (Å²) in [6.07, 6.45) is 0. The third-order valence-electron chi connectivity index (χ3n) is 2.65. The molecule has 0 unspecified atom stereocenters. The van der Waals surface area contributed by atoms with Gasteiger partial charge in [0.05, 0.1) is 0 Å². The molecule has 0 aliphatic carbocycles. The van der Waals surface area contributed by atoms with E-state index in [1.54, 1.807) is 0 Å². The second-order valence-corrected chi connectivity index (χ2v) is 3.51. The number of hydrogen-bond donors (Lipinski definition) is 0. The van der Waals surface area contributed by atoms with Gasteiger partial charge in [-0.15, -0.1) is 0 Å². The van der Waals surface area contributed by atoms with Crippen LogP contribution in [0.25, 0.3) is 21.4 Å². The molecule has 0 amide bonds. The number of rotatable bonds is 0. The summed E-state index contributed by atoms with van der Waals surface area (Å²) in [6.45, 7) is 2.18. The summed E-state index contributed by atoms with van der Waals surface area (Å²) in [4.78, 5) is 0. The van der Waals surface area contributed by atoms with Crippen LogP contribution in [0.5, 0.6) is 0 Å². The van der Waals surface area contributed by atoms with E-state index in [1.807, 2.05) is 0 Å². The van der Waals surface area contributed by atoms with E-state index in [9.17, 15) is 0 Å². The zero-order valence-corrected chi connectivity index (χ0v) is 7.77. The third-order valence-corrected chi connectivity index (χ3v) is 2.65. The fraction of sp³-hybridized carbons (Fsp3) is 0. The molecule has 0 bridgehead atoms. The van der Waals surface area contributed by atoms with Crippen LogP contribution in [0.15, 0.2) is 54.5 Å². The van der Waals surface area contributed by atoms with Crippen molar-refractivity contribution in [3.63, 3.8) is 0 Å². The summed E-state index contributed by atoms with van der Waals surface area (Å²) in [5.41, 5.74) is 0. The Morgan fingerprint density at radius 3 is 2.50 bits per heavy atom. The fourth-order valence-corrected chi connectivity index (χ4v) is 1.95. The van der Waals surface area contributed by atoms with Gasteiger partial charge in [0, 0.05) is 0 Å². The van der Waals surface area contributed by atoms with E-state index < -0.39 is 0 Å². The Morgan fingerprint density at radius 2 is 1.50 bits per heavy atom. The molecule has 0 saturated heterocycles. The number of hydrogen-bond acceptors (Lipinski definition) is 0. The van der Waals surface area contributed by atoms with Crippen LogP contribution in [0.4, 0.5) is 0 Å². The van der Waals surface area contributed by atoms with Crippen molar-refractivity contribution < 1.29 is 0 Å². The zero-order valence-electron chi connectivity index (χ0n) is 7.77. The van der Waals surface area contributed by atoms with Crippen LogP contribution >= 0.6 is 0 Å². The minimum atomic E-state index is 1.31. The van der Waals surface area contributed by atoms with Crippen molar-refractivity contribution >= 4 is 28.4 Å². The van der Waals surface area contributed by atoms with E-state index in [4.69, 9.17) is 0 Å². The van der Waals surface area contributed by atoms with Gasteiger partial charge in [0.25, 0.3) is 0 Å². The molecule has 0 atom stereocenters. The van der Waals surface area contributed by atoms with Crippen molar-refractivity contribution in [2.75, 3.05) is 0 Å². The van der Waals surface area contributed by atoms with Gasteiger partial charge in [-0.3, -0.25) is 0 Å². The van der Waals surface area contributed by atoms with Crippen LogP contribution < -0.4 is 0 Å². The molecular weight excluding hydrogens is 167 g/mol. The molecule has 0 saturated carbocycles. The molecule has 14 heavy (non-hydrogen) atoms. The first-order valence-electron chi connectivity index (χ1n) is 4.82. The first-order valence-corrected chi connectivity index (χ1v) is 4.82. The van der Waals surface area contributed by atoms with Gasteiger partial charge < -0.3 is 0 Å². The summed E-state index contributed by atoms with van der Waals surface area (Å²) < 4.78 is 0. The molecule has 0 fully saturated rings. The number of fused-ring (bicyclic) bond motifs is 3. The van der Waals surface area contributed by atoms with Gasteiger partial charge in [0.1, 0.15) is 0 Å². The van der Waals surface area contributed by atoms with Crippen molar-refractivity contribution in [2.45, 2.75) is 0 Å². The molecule has 1 aromatic heterocycles. The van der Waals surface area contributed by atoms with Crippen LogP contribution in [-0.4, -0.2) is 6.91 Å². The second-order valence-electron chi connectivity index (χ2n) is 3.51. The van der Waals surface area contributed by atoms with Gasteiger partial charge in [0.15, 0.2) is 0 Å². The molecule has 1 heterocycles. The van der Waals surface area contributed by atoms with E-state index in [0.717, 1.165) is 0 Å². The Morgan fingerprint density at radius 1 is 0.714 bits per heavy atom. The molecule has 0 radical (unpaired) electrons. The predicted octanol–water partition coefficient (Wildman–Crippen LogP) is 3.33. The Bertz CT molecular complexity index is 544.